The number of carbonyl (C=O) groups excluding carboxylic acids is 2. The van der Waals surface area contributed by atoms with E-state index < -0.39 is 5.82 Å². The highest BCUT2D eigenvalue weighted by Gasteiger charge is 2.27. The van der Waals surface area contributed by atoms with Crippen LogP contribution in [0.25, 0.3) is 11.3 Å². The Kier molecular flexibility index (Phi) is 8.48. The van der Waals surface area contributed by atoms with Gasteiger partial charge >= 0.3 is 0 Å². The van der Waals surface area contributed by atoms with Gasteiger partial charge in [0.15, 0.2) is 5.82 Å². The fourth-order valence-corrected chi connectivity index (χ4v) is 4.45. The zero-order valence-electron chi connectivity index (χ0n) is 21.7. The number of anilines is 1. The molecule has 3 aromatic rings. The van der Waals surface area contributed by atoms with Crippen molar-refractivity contribution in [3.8, 4) is 11.3 Å². The van der Waals surface area contributed by atoms with Gasteiger partial charge in [0.05, 0.1) is 5.69 Å². The minimum Gasteiger partial charge on any atom is -0.353 e. The van der Waals surface area contributed by atoms with Crippen molar-refractivity contribution in [3.63, 3.8) is 0 Å². The first-order valence-corrected chi connectivity index (χ1v) is 12.9. The Morgan fingerprint density at radius 1 is 1.00 bits per heavy atom. The number of halogens is 1. The van der Waals surface area contributed by atoms with Crippen molar-refractivity contribution in [2.75, 3.05) is 37.6 Å². The third kappa shape index (κ3) is 6.50. The standard InChI is InChI=1S/C29H34FN5O2/c1-4-22(3)35(29(37)24-7-5-8-25(30)19-24)20-28(36)34-16-6-15-33(17-18-34)27-14-13-26(31-32-27)23-11-9-21(2)10-12-23/h5,7-14,19,22H,4,6,15-18,20H2,1-3H3. The molecular weight excluding hydrogens is 469 g/mol. The summed E-state index contributed by atoms with van der Waals surface area (Å²) in [4.78, 5) is 31.9. The number of hydrogen-bond acceptors (Lipinski definition) is 5. The van der Waals surface area contributed by atoms with Crippen molar-refractivity contribution < 1.29 is 14.0 Å². The summed E-state index contributed by atoms with van der Waals surface area (Å²) in [6.45, 7) is 8.43. The molecule has 2 aromatic carbocycles. The number of carbonyl (C=O) groups is 2. The lowest BCUT2D eigenvalue weighted by Crippen LogP contribution is -2.47. The van der Waals surface area contributed by atoms with Crippen LogP contribution in [0.2, 0.25) is 0 Å². The first-order valence-electron chi connectivity index (χ1n) is 12.9. The molecule has 1 aromatic heterocycles. The van der Waals surface area contributed by atoms with Crippen LogP contribution in [0.15, 0.2) is 60.7 Å². The van der Waals surface area contributed by atoms with Gasteiger partial charge in [-0.05, 0) is 57.0 Å². The number of aromatic nitrogens is 2. The highest BCUT2D eigenvalue weighted by atomic mass is 19.1. The minimum atomic E-state index is -0.469. The van der Waals surface area contributed by atoms with Crippen molar-refractivity contribution in [2.45, 2.75) is 39.7 Å². The third-order valence-corrected chi connectivity index (χ3v) is 6.93. The van der Waals surface area contributed by atoms with Gasteiger partial charge in [-0.1, -0.05) is 42.8 Å². The van der Waals surface area contributed by atoms with E-state index in [-0.39, 0.29) is 30.0 Å². The van der Waals surface area contributed by atoms with Gasteiger partial charge in [0.25, 0.3) is 5.91 Å². The molecule has 7 nitrogen and oxygen atoms in total. The van der Waals surface area contributed by atoms with Crippen LogP contribution in [-0.4, -0.2) is 70.6 Å². The summed E-state index contributed by atoms with van der Waals surface area (Å²) in [5, 5.41) is 8.87. The van der Waals surface area contributed by atoms with Crippen LogP contribution in [0.4, 0.5) is 10.2 Å². The SMILES string of the molecule is CCC(C)N(CC(=O)N1CCCN(c2ccc(-c3ccc(C)cc3)nn2)CC1)C(=O)c1cccc(F)c1. The van der Waals surface area contributed by atoms with Gasteiger partial charge in [0.1, 0.15) is 12.4 Å². The molecule has 194 valence electrons. The van der Waals surface area contributed by atoms with Gasteiger partial charge in [-0.25, -0.2) is 4.39 Å². The summed E-state index contributed by atoms with van der Waals surface area (Å²) < 4.78 is 13.7. The smallest absolute Gasteiger partial charge is 0.254 e. The van der Waals surface area contributed by atoms with Crippen molar-refractivity contribution in [1.82, 2.24) is 20.0 Å². The number of benzene rings is 2. The van der Waals surface area contributed by atoms with E-state index in [1.165, 1.54) is 23.8 Å². The molecule has 1 fully saturated rings. The van der Waals surface area contributed by atoms with Gasteiger partial charge in [-0.15, -0.1) is 10.2 Å². The number of hydrogen-bond donors (Lipinski definition) is 0. The topological polar surface area (TPSA) is 69.6 Å². The maximum absolute atomic E-state index is 13.7. The fraction of sp³-hybridized carbons (Fsp3) is 0.379. The number of rotatable bonds is 7. The molecule has 0 spiro atoms. The second-order valence-electron chi connectivity index (χ2n) is 9.56. The summed E-state index contributed by atoms with van der Waals surface area (Å²) in [5.74, 6) is -0.119. The van der Waals surface area contributed by atoms with Gasteiger partial charge in [0, 0.05) is 43.3 Å². The van der Waals surface area contributed by atoms with Crippen molar-refractivity contribution in [2.24, 2.45) is 0 Å². The summed E-state index contributed by atoms with van der Waals surface area (Å²) in [5.41, 5.74) is 3.30. The second kappa shape index (κ2) is 12.0. The Morgan fingerprint density at radius 3 is 2.46 bits per heavy atom. The third-order valence-electron chi connectivity index (χ3n) is 6.93. The normalized spacial score (nSPS) is 14.7. The minimum absolute atomic E-state index is 0.0323. The highest BCUT2D eigenvalue weighted by molar-refractivity contribution is 5.96. The summed E-state index contributed by atoms with van der Waals surface area (Å²) >= 11 is 0. The van der Waals surface area contributed by atoms with Gasteiger partial charge < -0.3 is 14.7 Å². The highest BCUT2D eigenvalue weighted by Crippen LogP contribution is 2.20. The van der Waals surface area contributed by atoms with E-state index in [2.05, 4.69) is 34.2 Å². The monoisotopic (exact) mass is 503 g/mol. The fourth-order valence-electron chi connectivity index (χ4n) is 4.45. The van der Waals surface area contributed by atoms with E-state index in [9.17, 15) is 14.0 Å². The molecule has 1 saturated heterocycles. The molecule has 2 amide bonds. The predicted octanol–water partition coefficient (Wildman–Crippen LogP) is 4.57. The van der Waals surface area contributed by atoms with Crippen LogP contribution >= 0.6 is 0 Å². The Morgan fingerprint density at radius 2 is 1.78 bits per heavy atom. The molecule has 0 aliphatic carbocycles. The molecule has 1 atom stereocenters. The van der Waals surface area contributed by atoms with Gasteiger partial charge in [-0.2, -0.15) is 0 Å². The average Bonchev–Trinajstić information content (AvgIpc) is 3.18. The van der Waals surface area contributed by atoms with Crippen LogP contribution in [0.1, 0.15) is 42.6 Å². The summed E-state index contributed by atoms with van der Waals surface area (Å²) in [6, 6.07) is 17.6. The molecule has 1 aliphatic heterocycles. The van der Waals surface area contributed by atoms with Crippen LogP contribution in [0.5, 0.6) is 0 Å². The molecule has 1 unspecified atom stereocenters. The number of nitrogens with zero attached hydrogens (tertiary/aromatic N) is 5. The number of aryl methyl sites for hydroxylation is 1. The first kappa shape index (κ1) is 26.3. The molecule has 2 heterocycles. The zero-order valence-corrected chi connectivity index (χ0v) is 21.7. The summed E-state index contributed by atoms with van der Waals surface area (Å²) in [7, 11) is 0. The van der Waals surface area contributed by atoms with E-state index >= 15 is 0 Å². The van der Waals surface area contributed by atoms with Gasteiger partial charge in [0.2, 0.25) is 5.91 Å². The molecule has 0 bridgehead atoms. The van der Waals surface area contributed by atoms with E-state index in [0.717, 1.165) is 30.0 Å². The van der Waals surface area contributed by atoms with E-state index in [1.54, 1.807) is 11.0 Å². The Hall–Kier alpha value is -3.81. The van der Waals surface area contributed by atoms with Crippen LogP contribution < -0.4 is 4.90 Å². The lowest BCUT2D eigenvalue weighted by Gasteiger charge is -2.31. The maximum atomic E-state index is 13.7. The number of amides is 2. The second-order valence-corrected chi connectivity index (χ2v) is 9.56. The summed E-state index contributed by atoms with van der Waals surface area (Å²) in [6.07, 6.45) is 1.48. The lowest BCUT2D eigenvalue weighted by atomic mass is 10.1. The Bertz CT molecular complexity index is 1220. The largest absolute Gasteiger partial charge is 0.353 e. The van der Waals surface area contributed by atoms with Crippen LogP contribution in [-0.2, 0) is 4.79 Å². The van der Waals surface area contributed by atoms with Crippen LogP contribution in [0.3, 0.4) is 0 Å². The molecule has 1 aliphatic rings. The van der Waals surface area contributed by atoms with Crippen LogP contribution in [0, 0.1) is 12.7 Å². The average molecular weight is 504 g/mol. The lowest BCUT2D eigenvalue weighted by molar-refractivity contribution is -0.132. The van der Waals surface area contributed by atoms with E-state index in [1.807, 2.05) is 43.0 Å². The molecule has 37 heavy (non-hydrogen) atoms. The molecule has 0 saturated carbocycles. The van der Waals surface area contributed by atoms with E-state index in [0.29, 0.717) is 26.1 Å². The van der Waals surface area contributed by atoms with E-state index in [4.69, 9.17) is 0 Å². The van der Waals surface area contributed by atoms with Crippen molar-refractivity contribution >= 4 is 17.6 Å². The Labute approximate surface area is 217 Å². The molecule has 0 radical (unpaired) electrons. The maximum Gasteiger partial charge on any atom is 0.254 e. The molecular formula is C29H34FN5O2. The quantitative estimate of drug-likeness (QED) is 0.472. The molecule has 8 heteroatoms. The molecule has 0 N–H and O–H groups in total. The predicted molar refractivity (Wildman–Crippen MR) is 143 cm³/mol. The Balaban J connectivity index is 1.39. The van der Waals surface area contributed by atoms with Crippen molar-refractivity contribution in [3.05, 3.63) is 77.6 Å². The van der Waals surface area contributed by atoms with Gasteiger partial charge in [-0.3, -0.25) is 9.59 Å². The van der Waals surface area contributed by atoms with Crippen molar-refractivity contribution in [1.29, 1.82) is 0 Å². The molecule has 4 rings (SSSR count). The zero-order chi connectivity index (χ0) is 26.4. The first-order chi connectivity index (χ1) is 17.9.